The van der Waals surface area contributed by atoms with Crippen molar-refractivity contribution in [3.05, 3.63) is 34.4 Å². The molecule has 0 spiro atoms. The summed E-state index contributed by atoms with van der Waals surface area (Å²) in [4.78, 5) is 11.0. The van der Waals surface area contributed by atoms with Gasteiger partial charge in [0.05, 0.1) is 13.0 Å². The standard InChI is InChI=1S/C10H9ClF2O2/c1-2-15-10(14)5-7-8(12)3-6(11)4-9(7)13/h3-4H,2,5H2,1H3. The third kappa shape index (κ3) is 3.16. The second-order valence-electron chi connectivity index (χ2n) is 2.83. The van der Waals surface area contributed by atoms with Crippen LogP contribution in [0.4, 0.5) is 8.78 Å². The zero-order valence-electron chi connectivity index (χ0n) is 8.02. The summed E-state index contributed by atoms with van der Waals surface area (Å²) < 4.78 is 30.9. The van der Waals surface area contributed by atoms with Crippen LogP contribution in [0.1, 0.15) is 12.5 Å². The zero-order chi connectivity index (χ0) is 11.4. The average molecular weight is 235 g/mol. The molecule has 0 fully saturated rings. The lowest BCUT2D eigenvalue weighted by molar-refractivity contribution is -0.142. The number of carbonyl (C=O) groups is 1. The molecule has 1 rings (SSSR count). The summed E-state index contributed by atoms with van der Waals surface area (Å²) in [6, 6.07) is 1.92. The van der Waals surface area contributed by atoms with Gasteiger partial charge in [-0.15, -0.1) is 0 Å². The Bertz CT molecular complexity index is 357. The molecule has 0 aliphatic rings. The first-order valence-corrected chi connectivity index (χ1v) is 4.71. The average Bonchev–Trinajstić information content (AvgIpc) is 2.11. The molecule has 0 aliphatic heterocycles. The third-order valence-electron chi connectivity index (χ3n) is 1.73. The van der Waals surface area contributed by atoms with E-state index in [2.05, 4.69) is 4.74 Å². The minimum absolute atomic E-state index is 0.0439. The largest absolute Gasteiger partial charge is 0.466 e. The van der Waals surface area contributed by atoms with Crippen LogP contribution in [0, 0.1) is 11.6 Å². The highest BCUT2D eigenvalue weighted by atomic mass is 35.5. The van der Waals surface area contributed by atoms with Gasteiger partial charge in [0.2, 0.25) is 0 Å². The molecular weight excluding hydrogens is 226 g/mol. The maximum atomic E-state index is 13.2. The van der Waals surface area contributed by atoms with E-state index in [1.54, 1.807) is 6.92 Å². The van der Waals surface area contributed by atoms with E-state index in [9.17, 15) is 13.6 Å². The highest BCUT2D eigenvalue weighted by Gasteiger charge is 2.14. The fourth-order valence-corrected chi connectivity index (χ4v) is 1.29. The summed E-state index contributed by atoms with van der Waals surface area (Å²) in [5.41, 5.74) is -0.321. The van der Waals surface area contributed by atoms with E-state index in [1.165, 1.54) is 0 Å². The number of halogens is 3. The number of ether oxygens (including phenoxy) is 1. The van der Waals surface area contributed by atoms with E-state index in [0.717, 1.165) is 12.1 Å². The minimum Gasteiger partial charge on any atom is -0.466 e. The van der Waals surface area contributed by atoms with Gasteiger partial charge in [0, 0.05) is 10.6 Å². The molecule has 82 valence electrons. The molecular formula is C10H9ClF2O2. The van der Waals surface area contributed by atoms with Crippen LogP contribution >= 0.6 is 11.6 Å². The van der Waals surface area contributed by atoms with Crippen molar-refractivity contribution in [3.8, 4) is 0 Å². The van der Waals surface area contributed by atoms with Crippen molar-refractivity contribution in [1.82, 2.24) is 0 Å². The Morgan fingerprint density at radius 1 is 1.40 bits per heavy atom. The molecule has 15 heavy (non-hydrogen) atoms. The van der Waals surface area contributed by atoms with Crippen LogP contribution in [0.25, 0.3) is 0 Å². The van der Waals surface area contributed by atoms with Crippen LogP contribution in [-0.2, 0) is 16.0 Å². The number of benzene rings is 1. The van der Waals surface area contributed by atoms with E-state index < -0.39 is 24.0 Å². The number of hydrogen-bond donors (Lipinski definition) is 0. The van der Waals surface area contributed by atoms with Crippen LogP contribution in [0.15, 0.2) is 12.1 Å². The molecule has 0 bridgehead atoms. The number of esters is 1. The summed E-state index contributed by atoms with van der Waals surface area (Å²) in [5, 5.41) is -0.0439. The van der Waals surface area contributed by atoms with Crippen LogP contribution in [0.5, 0.6) is 0 Å². The van der Waals surface area contributed by atoms with Crippen LogP contribution in [0.3, 0.4) is 0 Å². The van der Waals surface area contributed by atoms with Gasteiger partial charge in [0.15, 0.2) is 0 Å². The Hall–Kier alpha value is -1.16. The smallest absolute Gasteiger partial charge is 0.310 e. The quantitative estimate of drug-likeness (QED) is 0.752. The summed E-state index contributed by atoms with van der Waals surface area (Å²) in [5.74, 6) is -2.35. The summed E-state index contributed by atoms with van der Waals surface area (Å²) >= 11 is 5.42. The molecule has 0 N–H and O–H groups in total. The Kier molecular flexibility index (Phi) is 4.03. The first-order valence-electron chi connectivity index (χ1n) is 4.33. The Labute approximate surface area is 90.8 Å². The Morgan fingerprint density at radius 3 is 2.40 bits per heavy atom. The normalized spacial score (nSPS) is 10.1. The van der Waals surface area contributed by atoms with Crippen molar-refractivity contribution >= 4 is 17.6 Å². The maximum Gasteiger partial charge on any atom is 0.310 e. The molecule has 0 amide bonds. The lowest BCUT2D eigenvalue weighted by Crippen LogP contribution is -2.10. The molecule has 0 radical (unpaired) electrons. The molecule has 5 heteroatoms. The first-order chi connectivity index (χ1) is 7.04. The monoisotopic (exact) mass is 234 g/mol. The lowest BCUT2D eigenvalue weighted by atomic mass is 10.1. The van der Waals surface area contributed by atoms with E-state index in [1.807, 2.05) is 0 Å². The molecule has 1 aromatic carbocycles. The van der Waals surface area contributed by atoms with Crippen molar-refractivity contribution in [2.24, 2.45) is 0 Å². The highest BCUT2D eigenvalue weighted by Crippen LogP contribution is 2.19. The highest BCUT2D eigenvalue weighted by molar-refractivity contribution is 6.30. The van der Waals surface area contributed by atoms with Gasteiger partial charge in [0.25, 0.3) is 0 Å². The van der Waals surface area contributed by atoms with Crippen molar-refractivity contribution in [2.75, 3.05) is 6.61 Å². The van der Waals surface area contributed by atoms with E-state index in [4.69, 9.17) is 11.6 Å². The molecule has 0 atom stereocenters. The van der Waals surface area contributed by atoms with Gasteiger partial charge in [-0.05, 0) is 19.1 Å². The van der Waals surface area contributed by atoms with Gasteiger partial charge in [-0.2, -0.15) is 0 Å². The van der Waals surface area contributed by atoms with Gasteiger partial charge in [-0.1, -0.05) is 11.6 Å². The predicted molar refractivity (Wildman–Crippen MR) is 51.7 cm³/mol. The first kappa shape index (κ1) is 11.9. The van der Waals surface area contributed by atoms with Crippen LogP contribution in [0.2, 0.25) is 5.02 Å². The van der Waals surface area contributed by atoms with Crippen molar-refractivity contribution in [2.45, 2.75) is 13.3 Å². The number of carbonyl (C=O) groups excluding carboxylic acids is 1. The minimum atomic E-state index is -0.840. The Balaban J connectivity index is 2.90. The summed E-state index contributed by atoms with van der Waals surface area (Å²) in [6.45, 7) is 1.79. The van der Waals surface area contributed by atoms with Gasteiger partial charge < -0.3 is 4.74 Å². The molecule has 0 saturated carbocycles. The van der Waals surface area contributed by atoms with Crippen LogP contribution in [-0.4, -0.2) is 12.6 Å². The van der Waals surface area contributed by atoms with Gasteiger partial charge in [0.1, 0.15) is 11.6 Å². The van der Waals surface area contributed by atoms with E-state index in [0.29, 0.717) is 0 Å². The fourth-order valence-electron chi connectivity index (χ4n) is 1.10. The van der Waals surface area contributed by atoms with Crippen molar-refractivity contribution in [1.29, 1.82) is 0 Å². The fraction of sp³-hybridized carbons (Fsp3) is 0.300. The number of rotatable bonds is 3. The molecule has 0 unspecified atom stereocenters. The topological polar surface area (TPSA) is 26.3 Å². The Morgan fingerprint density at radius 2 is 1.93 bits per heavy atom. The maximum absolute atomic E-state index is 13.2. The van der Waals surface area contributed by atoms with Gasteiger partial charge >= 0.3 is 5.97 Å². The van der Waals surface area contributed by atoms with E-state index >= 15 is 0 Å². The molecule has 0 aliphatic carbocycles. The molecule has 0 aromatic heterocycles. The molecule has 0 heterocycles. The van der Waals surface area contributed by atoms with Gasteiger partial charge in [-0.25, -0.2) is 8.78 Å². The molecule has 2 nitrogen and oxygen atoms in total. The van der Waals surface area contributed by atoms with Crippen LogP contribution < -0.4 is 0 Å². The van der Waals surface area contributed by atoms with E-state index in [-0.39, 0.29) is 17.2 Å². The summed E-state index contributed by atoms with van der Waals surface area (Å²) in [7, 11) is 0. The molecule has 1 aromatic rings. The zero-order valence-corrected chi connectivity index (χ0v) is 8.78. The van der Waals surface area contributed by atoms with Gasteiger partial charge in [-0.3, -0.25) is 4.79 Å². The second-order valence-corrected chi connectivity index (χ2v) is 3.27. The van der Waals surface area contributed by atoms with Crippen molar-refractivity contribution < 1.29 is 18.3 Å². The SMILES string of the molecule is CCOC(=O)Cc1c(F)cc(Cl)cc1F. The summed E-state index contributed by atoms with van der Waals surface area (Å²) in [6.07, 6.45) is -0.428. The third-order valence-corrected chi connectivity index (χ3v) is 1.95. The van der Waals surface area contributed by atoms with Crippen molar-refractivity contribution in [3.63, 3.8) is 0 Å². The predicted octanol–water partition coefficient (Wildman–Crippen LogP) is 2.72. The molecule has 0 saturated heterocycles. The lowest BCUT2D eigenvalue weighted by Gasteiger charge is -2.05. The number of hydrogen-bond acceptors (Lipinski definition) is 2. The second kappa shape index (κ2) is 5.07.